The molecular weight excluding hydrogens is 302 g/mol. The van der Waals surface area contributed by atoms with Gasteiger partial charge in [0.05, 0.1) is 16.3 Å². The van der Waals surface area contributed by atoms with E-state index in [-0.39, 0.29) is 16.6 Å². The molecule has 7 heteroatoms. The predicted molar refractivity (Wildman–Crippen MR) is 69.6 cm³/mol. The van der Waals surface area contributed by atoms with Crippen molar-refractivity contribution in [1.82, 2.24) is 0 Å². The smallest absolute Gasteiger partial charge is 0.373 e. The van der Waals surface area contributed by atoms with E-state index in [4.69, 9.17) is 23.2 Å². The molecule has 0 heterocycles. The van der Waals surface area contributed by atoms with Gasteiger partial charge in [-0.2, -0.15) is 13.2 Å². The van der Waals surface area contributed by atoms with Crippen LogP contribution in [0.3, 0.4) is 0 Å². The highest BCUT2D eigenvalue weighted by atomic mass is 35.5. The summed E-state index contributed by atoms with van der Waals surface area (Å²) in [6.07, 6.45) is -4.46. The molecule has 1 rings (SSSR count). The predicted octanol–water partition coefficient (Wildman–Crippen LogP) is 4.56. The molecule has 1 unspecified atom stereocenters. The molecule has 0 bridgehead atoms. The van der Waals surface area contributed by atoms with Crippen LogP contribution in [0.4, 0.5) is 18.9 Å². The van der Waals surface area contributed by atoms with Crippen LogP contribution in [0.1, 0.15) is 19.4 Å². The average Bonchev–Trinajstić information content (AvgIpc) is 2.24. The molecule has 0 aliphatic heterocycles. The number of benzene rings is 1. The zero-order valence-corrected chi connectivity index (χ0v) is 11.7. The van der Waals surface area contributed by atoms with Gasteiger partial charge >= 0.3 is 6.18 Å². The maximum atomic E-state index is 12.5. The van der Waals surface area contributed by atoms with Crippen molar-refractivity contribution in [2.75, 3.05) is 5.32 Å². The number of halogens is 5. The molecule has 0 saturated carbocycles. The summed E-state index contributed by atoms with van der Waals surface area (Å²) in [5.74, 6) is -0.122. The van der Waals surface area contributed by atoms with Crippen LogP contribution >= 0.6 is 23.2 Å². The largest absolute Gasteiger partial charge is 0.416 e. The first-order valence-corrected chi connectivity index (χ1v) is 6.21. The molecule has 0 spiro atoms. The van der Waals surface area contributed by atoms with E-state index in [2.05, 4.69) is 5.32 Å². The lowest BCUT2D eigenvalue weighted by Crippen LogP contribution is -2.31. The van der Waals surface area contributed by atoms with Crippen molar-refractivity contribution in [2.24, 2.45) is 5.92 Å². The van der Waals surface area contributed by atoms with Gasteiger partial charge in [0.25, 0.3) is 0 Å². The van der Waals surface area contributed by atoms with Crippen molar-refractivity contribution < 1.29 is 18.0 Å². The quantitative estimate of drug-likeness (QED) is 0.825. The van der Waals surface area contributed by atoms with E-state index < -0.39 is 23.0 Å². The van der Waals surface area contributed by atoms with Gasteiger partial charge in [-0.15, -0.1) is 0 Å². The minimum atomic E-state index is -4.46. The molecule has 1 N–H and O–H groups in total. The lowest BCUT2D eigenvalue weighted by atomic mass is 10.1. The van der Waals surface area contributed by atoms with E-state index in [0.29, 0.717) is 0 Å². The highest BCUT2D eigenvalue weighted by Gasteiger charge is 2.31. The van der Waals surface area contributed by atoms with Crippen LogP contribution < -0.4 is 5.32 Å². The van der Waals surface area contributed by atoms with Gasteiger partial charge in [0, 0.05) is 0 Å². The highest BCUT2D eigenvalue weighted by molar-refractivity contribution is 6.65. The summed E-state index contributed by atoms with van der Waals surface area (Å²) < 4.78 is 37.4. The molecule has 106 valence electrons. The zero-order chi connectivity index (χ0) is 14.8. The number of carbonyl (C=O) groups is 1. The molecule has 2 nitrogen and oxygen atoms in total. The van der Waals surface area contributed by atoms with Gasteiger partial charge in [0.15, 0.2) is 0 Å². The summed E-state index contributed by atoms with van der Waals surface area (Å²) in [6.45, 7) is 3.52. The van der Waals surface area contributed by atoms with Gasteiger partial charge in [-0.3, -0.25) is 4.79 Å². The second-order valence-electron chi connectivity index (χ2n) is 4.36. The molecule has 0 fully saturated rings. The van der Waals surface area contributed by atoms with E-state index in [9.17, 15) is 18.0 Å². The van der Waals surface area contributed by atoms with Gasteiger partial charge in [-0.05, 0) is 35.7 Å². The lowest BCUT2D eigenvalue weighted by Gasteiger charge is -2.20. The third-order valence-corrected chi connectivity index (χ3v) is 3.07. The molecule has 0 amide bonds. The highest BCUT2D eigenvalue weighted by Crippen LogP contribution is 2.34. The second-order valence-corrected chi connectivity index (χ2v) is 5.14. The Morgan fingerprint density at radius 3 is 2.26 bits per heavy atom. The summed E-state index contributed by atoms with van der Waals surface area (Å²) in [6, 6.07) is 2.17. The fraction of sp³-hybridized carbons (Fsp3) is 0.417. The molecule has 0 aliphatic carbocycles. The summed E-state index contributed by atoms with van der Waals surface area (Å²) in [5, 5.41) is 2.01. The van der Waals surface area contributed by atoms with Gasteiger partial charge in [0.1, 0.15) is 6.04 Å². The number of rotatable bonds is 4. The molecule has 19 heavy (non-hydrogen) atoms. The van der Waals surface area contributed by atoms with E-state index in [1.165, 1.54) is 6.07 Å². The summed E-state index contributed by atoms with van der Waals surface area (Å²) in [7, 11) is 0. The minimum Gasteiger partial charge on any atom is -0.373 e. The average molecular weight is 314 g/mol. The van der Waals surface area contributed by atoms with Gasteiger partial charge in [0.2, 0.25) is 5.24 Å². The van der Waals surface area contributed by atoms with Gasteiger partial charge < -0.3 is 5.32 Å². The number of hydrogen-bond donors (Lipinski definition) is 1. The van der Waals surface area contributed by atoms with Crippen LogP contribution in [0, 0.1) is 5.92 Å². The minimum absolute atomic E-state index is 0.113. The molecule has 0 radical (unpaired) electrons. The van der Waals surface area contributed by atoms with Crippen molar-refractivity contribution >= 4 is 34.1 Å². The lowest BCUT2D eigenvalue weighted by molar-refractivity contribution is -0.137. The molecular formula is C12H12Cl2F3NO. The summed E-state index contributed by atoms with van der Waals surface area (Å²) in [4.78, 5) is 11.2. The Hall–Kier alpha value is -0.940. The fourth-order valence-electron chi connectivity index (χ4n) is 1.46. The number of anilines is 1. The fourth-order valence-corrected chi connectivity index (χ4v) is 2.00. The van der Waals surface area contributed by atoms with E-state index in [1.807, 2.05) is 0 Å². The van der Waals surface area contributed by atoms with Crippen LogP contribution in [-0.2, 0) is 11.0 Å². The van der Waals surface area contributed by atoms with Gasteiger partial charge in [-0.25, -0.2) is 0 Å². The Balaban J connectivity index is 3.00. The van der Waals surface area contributed by atoms with Crippen LogP contribution in [0.2, 0.25) is 5.02 Å². The first-order chi connectivity index (χ1) is 8.62. The summed E-state index contributed by atoms with van der Waals surface area (Å²) in [5.41, 5.74) is -0.608. The Labute approximate surface area is 118 Å². The molecule has 1 aromatic rings. The third-order valence-electron chi connectivity index (χ3n) is 2.52. The molecule has 0 aromatic heterocycles. The van der Waals surface area contributed by atoms with Crippen LogP contribution in [-0.4, -0.2) is 11.3 Å². The molecule has 1 atom stereocenters. The van der Waals surface area contributed by atoms with Crippen LogP contribution in [0.5, 0.6) is 0 Å². The van der Waals surface area contributed by atoms with Crippen molar-refractivity contribution in [3.63, 3.8) is 0 Å². The van der Waals surface area contributed by atoms with Crippen molar-refractivity contribution in [2.45, 2.75) is 26.1 Å². The second kappa shape index (κ2) is 6.01. The Morgan fingerprint density at radius 1 is 1.32 bits per heavy atom. The molecule has 0 saturated heterocycles. The topological polar surface area (TPSA) is 29.1 Å². The standard InChI is InChI=1S/C12H12Cl2F3NO/c1-6(2)10(11(14)19)18-9-4-3-7(5-8(9)13)12(15,16)17/h3-6,10,18H,1-2H3. The van der Waals surface area contributed by atoms with E-state index >= 15 is 0 Å². The maximum Gasteiger partial charge on any atom is 0.416 e. The van der Waals surface area contributed by atoms with E-state index in [1.54, 1.807) is 13.8 Å². The van der Waals surface area contributed by atoms with Crippen molar-refractivity contribution in [3.05, 3.63) is 28.8 Å². The number of carbonyl (C=O) groups excluding carboxylic acids is 1. The van der Waals surface area contributed by atoms with Gasteiger partial charge in [-0.1, -0.05) is 25.4 Å². The maximum absolute atomic E-state index is 12.5. The number of hydrogen-bond acceptors (Lipinski definition) is 2. The van der Waals surface area contributed by atoms with Crippen molar-refractivity contribution in [1.29, 1.82) is 0 Å². The Bertz CT molecular complexity index is 475. The normalized spacial score (nSPS) is 13.5. The Morgan fingerprint density at radius 2 is 1.89 bits per heavy atom. The summed E-state index contributed by atoms with van der Waals surface area (Å²) >= 11 is 11.2. The van der Waals surface area contributed by atoms with Crippen LogP contribution in [0.15, 0.2) is 18.2 Å². The van der Waals surface area contributed by atoms with E-state index in [0.717, 1.165) is 12.1 Å². The Kier molecular flexibility index (Phi) is 5.10. The molecule has 0 aliphatic rings. The monoisotopic (exact) mass is 313 g/mol. The first-order valence-electron chi connectivity index (χ1n) is 5.45. The zero-order valence-electron chi connectivity index (χ0n) is 10.2. The van der Waals surface area contributed by atoms with Crippen molar-refractivity contribution in [3.8, 4) is 0 Å². The number of alkyl halides is 3. The molecule has 1 aromatic carbocycles. The third kappa shape index (κ3) is 4.28. The number of nitrogens with one attached hydrogen (secondary N) is 1. The first kappa shape index (κ1) is 16.1. The van der Waals surface area contributed by atoms with Crippen LogP contribution in [0.25, 0.3) is 0 Å². The SMILES string of the molecule is CC(C)C(Nc1ccc(C(F)(F)F)cc1Cl)C(=O)Cl.